The first-order chi connectivity index (χ1) is 11.1. The van der Waals surface area contributed by atoms with Gasteiger partial charge in [-0.15, -0.1) is 0 Å². The predicted octanol–water partition coefficient (Wildman–Crippen LogP) is 2.22. The second-order valence-corrected chi connectivity index (χ2v) is 5.21. The Labute approximate surface area is 135 Å². The van der Waals surface area contributed by atoms with Crippen LogP contribution in [0.15, 0.2) is 36.5 Å². The molecule has 0 fully saturated rings. The summed E-state index contributed by atoms with van der Waals surface area (Å²) in [6.07, 6.45) is 2.79. The number of aromatic nitrogens is 2. The van der Waals surface area contributed by atoms with Crippen molar-refractivity contribution >= 4 is 17.5 Å². The summed E-state index contributed by atoms with van der Waals surface area (Å²) in [4.78, 5) is 24.3. The lowest BCUT2D eigenvalue weighted by molar-refractivity contribution is -0.115. The summed E-state index contributed by atoms with van der Waals surface area (Å²) in [7, 11) is 0. The summed E-state index contributed by atoms with van der Waals surface area (Å²) < 4.78 is 1.64. The maximum Gasteiger partial charge on any atom is 0.273 e. The molecule has 0 aliphatic heterocycles. The van der Waals surface area contributed by atoms with Crippen molar-refractivity contribution in [3.8, 4) is 0 Å². The lowest BCUT2D eigenvalue weighted by Crippen LogP contribution is -2.26. The average Bonchev–Trinajstić information content (AvgIpc) is 2.96. The van der Waals surface area contributed by atoms with Gasteiger partial charge in [0.05, 0.1) is 12.1 Å². The van der Waals surface area contributed by atoms with Crippen LogP contribution in [0.2, 0.25) is 0 Å². The van der Waals surface area contributed by atoms with Gasteiger partial charge < -0.3 is 10.6 Å². The van der Waals surface area contributed by atoms with Crippen LogP contribution in [-0.4, -0.2) is 28.1 Å². The first-order valence-electron chi connectivity index (χ1n) is 7.83. The highest BCUT2D eigenvalue weighted by Gasteiger charge is 2.18. The summed E-state index contributed by atoms with van der Waals surface area (Å²) in [6.45, 7) is 5.11. The van der Waals surface area contributed by atoms with Gasteiger partial charge in [0.1, 0.15) is 0 Å². The van der Waals surface area contributed by atoms with E-state index in [0.717, 1.165) is 12.0 Å². The molecular weight excluding hydrogens is 292 g/mol. The molecule has 1 aromatic heterocycles. The number of nitrogens with zero attached hydrogens (tertiary/aromatic N) is 2. The minimum Gasteiger partial charge on any atom is -0.351 e. The largest absolute Gasteiger partial charge is 0.351 e. The van der Waals surface area contributed by atoms with E-state index in [9.17, 15) is 9.59 Å². The standard InChI is InChI=1S/C17H22N4O2/c1-3-10-18-17(23)16-14(12-21(4-2)20-16)19-15(22)11-13-8-6-5-7-9-13/h5-9,12H,3-4,10-11H2,1-2H3,(H,18,23)(H,19,22). The maximum atomic E-state index is 12.2. The van der Waals surface area contributed by atoms with E-state index in [1.165, 1.54) is 0 Å². The summed E-state index contributed by atoms with van der Waals surface area (Å²) in [5.74, 6) is -0.439. The molecule has 0 aliphatic carbocycles. The zero-order chi connectivity index (χ0) is 16.7. The number of aryl methyl sites for hydroxylation is 1. The fourth-order valence-electron chi connectivity index (χ4n) is 2.14. The minimum atomic E-state index is -0.269. The molecule has 2 N–H and O–H groups in total. The first-order valence-corrected chi connectivity index (χ1v) is 7.83. The maximum absolute atomic E-state index is 12.2. The van der Waals surface area contributed by atoms with E-state index in [0.29, 0.717) is 18.8 Å². The molecule has 2 amide bonds. The number of benzene rings is 1. The summed E-state index contributed by atoms with van der Waals surface area (Å²) in [5.41, 5.74) is 1.62. The summed E-state index contributed by atoms with van der Waals surface area (Å²) >= 11 is 0. The van der Waals surface area contributed by atoms with E-state index in [2.05, 4.69) is 15.7 Å². The van der Waals surface area contributed by atoms with Gasteiger partial charge in [0.25, 0.3) is 5.91 Å². The number of rotatable bonds is 7. The molecule has 0 saturated heterocycles. The van der Waals surface area contributed by atoms with Crippen LogP contribution < -0.4 is 10.6 Å². The van der Waals surface area contributed by atoms with Crippen LogP contribution in [-0.2, 0) is 17.8 Å². The van der Waals surface area contributed by atoms with Crippen LogP contribution in [0.4, 0.5) is 5.69 Å². The van der Waals surface area contributed by atoms with Crippen molar-refractivity contribution in [3.05, 3.63) is 47.8 Å². The Morgan fingerprint density at radius 1 is 1.17 bits per heavy atom. The van der Waals surface area contributed by atoms with Crippen molar-refractivity contribution in [1.82, 2.24) is 15.1 Å². The van der Waals surface area contributed by atoms with E-state index < -0.39 is 0 Å². The molecule has 0 radical (unpaired) electrons. The number of amides is 2. The average molecular weight is 314 g/mol. The molecule has 0 unspecified atom stereocenters. The number of anilines is 1. The Morgan fingerprint density at radius 3 is 2.57 bits per heavy atom. The van der Waals surface area contributed by atoms with Crippen molar-refractivity contribution in [3.63, 3.8) is 0 Å². The summed E-state index contributed by atoms with van der Waals surface area (Å²) in [5, 5.41) is 9.80. The molecule has 0 aliphatic rings. The third-order valence-corrected chi connectivity index (χ3v) is 3.32. The normalized spacial score (nSPS) is 10.3. The first kappa shape index (κ1) is 16.7. The van der Waals surface area contributed by atoms with Gasteiger partial charge >= 0.3 is 0 Å². The number of hydrogen-bond acceptors (Lipinski definition) is 3. The molecule has 6 nitrogen and oxygen atoms in total. The smallest absolute Gasteiger partial charge is 0.273 e. The molecule has 2 rings (SSSR count). The fourth-order valence-corrected chi connectivity index (χ4v) is 2.14. The SMILES string of the molecule is CCCNC(=O)c1nn(CC)cc1NC(=O)Cc1ccccc1. The fraction of sp³-hybridized carbons (Fsp3) is 0.353. The third kappa shape index (κ3) is 4.67. The van der Waals surface area contributed by atoms with E-state index in [-0.39, 0.29) is 23.9 Å². The number of carbonyl (C=O) groups excluding carboxylic acids is 2. The van der Waals surface area contributed by atoms with Crippen molar-refractivity contribution in [2.75, 3.05) is 11.9 Å². The number of nitrogens with one attached hydrogen (secondary N) is 2. The lowest BCUT2D eigenvalue weighted by atomic mass is 10.1. The molecule has 0 spiro atoms. The highest BCUT2D eigenvalue weighted by molar-refractivity contribution is 6.02. The minimum absolute atomic E-state index is 0.170. The molecule has 122 valence electrons. The molecular formula is C17H22N4O2. The van der Waals surface area contributed by atoms with Crippen molar-refractivity contribution in [2.24, 2.45) is 0 Å². The van der Waals surface area contributed by atoms with Crippen LogP contribution in [0, 0.1) is 0 Å². The van der Waals surface area contributed by atoms with Gasteiger partial charge in [-0.25, -0.2) is 0 Å². The Kier molecular flexibility index (Phi) is 5.91. The van der Waals surface area contributed by atoms with Crippen LogP contribution in [0.25, 0.3) is 0 Å². The zero-order valence-corrected chi connectivity index (χ0v) is 13.5. The van der Waals surface area contributed by atoms with E-state index in [4.69, 9.17) is 0 Å². The van der Waals surface area contributed by atoms with Crippen LogP contribution >= 0.6 is 0 Å². The van der Waals surface area contributed by atoms with Gasteiger partial charge in [-0.1, -0.05) is 37.3 Å². The summed E-state index contributed by atoms with van der Waals surface area (Å²) in [6, 6.07) is 9.47. The molecule has 0 bridgehead atoms. The quantitative estimate of drug-likeness (QED) is 0.823. The van der Waals surface area contributed by atoms with E-state index in [1.54, 1.807) is 10.9 Å². The Morgan fingerprint density at radius 2 is 1.91 bits per heavy atom. The molecule has 0 saturated carbocycles. The second kappa shape index (κ2) is 8.12. The van der Waals surface area contributed by atoms with Gasteiger partial charge in [-0.3, -0.25) is 14.3 Å². The van der Waals surface area contributed by atoms with Crippen LogP contribution in [0.1, 0.15) is 36.3 Å². The van der Waals surface area contributed by atoms with Crippen molar-refractivity contribution in [1.29, 1.82) is 0 Å². The number of carbonyl (C=O) groups is 2. The lowest BCUT2D eigenvalue weighted by Gasteiger charge is -2.06. The van der Waals surface area contributed by atoms with Crippen LogP contribution in [0.3, 0.4) is 0 Å². The molecule has 1 heterocycles. The van der Waals surface area contributed by atoms with Crippen molar-refractivity contribution in [2.45, 2.75) is 33.2 Å². The third-order valence-electron chi connectivity index (χ3n) is 3.32. The highest BCUT2D eigenvalue weighted by Crippen LogP contribution is 2.14. The molecule has 1 aromatic carbocycles. The van der Waals surface area contributed by atoms with Crippen molar-refractivity contribution < 1.29 is 9.59 Å². The Balaban J connectivity index is 2.10. The van der Waals surface area contributed by atoms with Gasteiger partial charge in [-0.05, 0) is 18.9 Å². The Hall–Kier alpha value is -2.63. The van der Waals surface area contributed by atoms with Gasteiger partial charge in [0, 0.05) is 19.3 Å². The second-order valence-electron chi connectivity index (χ2n) is 5.21. The Bertz CT molecular complexity index is 664. The van der Waals surface area contributed by atoms with E-state index >= 15 is 0 Å². The monoisotopic (exact) mass is 314 g/mol. The molecule has 23 heavy (non-hydrogen) atoms. The van der Waals surface area contributed by atoms with Gasteiger partial charge in [0.2, 0.25) is 5.91 Å². The topological polar surface area (TPSA) is 76.0 Å². The van der Waals surface area contributed by atoms with Crippen LogP contribution in [0.5, 0.6) is 0 Å². The van der Waals surface area contributed by atoms with Gasteiger partial charge in [-0.2, -0.15) is 5.10 Å². The van der Waals surface area contributed by atoms with Gasteiger partial charge in [0.15, 0.2) is 5.69 Å². The molecule has 6 heteroatoms. The van der Waals surface area contributed by atoms with E-state index in [1.807, 2.05) is 44.2 Å². The predicted molar refractivity (Wildman–Crippen MR) is 89.3 cm³/mol. The molecule has 2 aromatic rings. The number of hydrogen-bond donors (Lipinski definition) is 2. The highest BCUT2D eigenvalue weighted by atomic mass is 16.2. The zero-order valence-electron chi connectivity index (χ0n) is 13.5. The molecule has 0 atom stereocenters.